The molecule has 0 radical (unpaired) electrons. The molecule has 0 atom stereocenters. The average Bonchev–Trinajstić information content (AvgIpc) is 2.17. The van der Waals surface area contributed by atoms with Gasteiger partial charge in [0.25, 0.3) is 0 Å². The van der Waals surface area contributed by atoms with Crippen molar-refractivity contribution in [2.75, 3.05) is 6.61 Å². The van der Waals surface area contributed by atoms with Crippen molar-refractivity contribution in [1.29, 1.82) is 0 Å². The standard InChI is InChI=1S/C7H10N2O/c8-10-6-7-2-1-4-9-5-3-7/h1,3-5H,2,6,8H2. The first-order valence-electron chi connectivity index (χ1n) is 3.11. The van der Waals surface area contributed by atoms with Crippen molar-refractivity contribution in [1.82, 2.24) is 0 Å². The van der Waals surface area contributed by atoms with Crippen molar-refractivity contribution in [3.05, 3.63) is 23.9 Å². The van der Waals surface area contributed by atoms with Gasteiger partial charge in [-0.15, -0.1) is 0 Å². The molecule has 3 heteroatoms. The molecule has 1 aliphatic heterocycles. The number of hydrogen-bond acceptors (Lipinski definition) is 3. The maximum absolute atomic E-state index is 4.90. The smallest absolute Gasteiger partial charge is 0.0896 e. The minimum absolute atomic E-state index is 0.482. The largest absolute Gasteiger partial charge is 0.300 e. The van der Waals surface area contributed by atoms with Crippen LogP contribution in [0.1, 0.15) is 6.42 Å². The summed E-state index contributed by atoms with van der Waals surface area (Å²) in [7, 11) is 0. The summed E-state index contributed by atoms with van der Waals surface area (Å²) < 4.78 is 0. The Balaban J connectivity index is 2.50. The van der Waals surface area contributed by atoms with Crippen LogP contribution in [0.2, 0.25) is 0 Å². The zero-order valence-electron chi connectivity index (χ0n) is 5.66. The van der Waals surface area contributed by atoms with Crippen molar-refractivity contribution in [3.8, 4) is 0 Å². The Labute approximate surface area is 59.8 Å². The van der Waals surface area contributed by atoms with Crippen LogP contribution in [-0.2, 0) is 4.84 Å². The van der Waals surface area contributed by atoms with E-state index in [1.54, 1.807) is 12.4 Å². The van der Waals surface area contributed by atoms with Crippen molar-refractivity contribution >= 4 is 6.21 Å². The van der Waals surface area contributed by atoms with Gasteiger partial charge < -0.3 is 4.84 Å². The summed E-state index contributed by atoms with van der Waals surface area (Å²) in [5.74, 6) is 4.90. The van der Waals surface area contributed by atoms with Crippen molar-refractivity contribution in [2.24, 2.45) is 10.9 Å². The maximum Gasteiger partial charge on any atom is 0.0896 e. The second-order valence-electron chi connectivity index (χ2n) is 2.02. The van der Waals surface area contributed by atoms with E-state index in [9.17, 15) is 0 Å². The highest BCUT2D eigenvalue weighted by atomic mass is 16.6. The fourth-order valence-corrected chi connectivity index (χ4v) is 0.745. The Hall–Kier alpha value is -0.930. The minimum Gasteiger partial charge on any atom is -0.300 e. The molecule has 0 aliphatic carbocycles. The van der Waals surface area contributed by atoms with Gasteiger partial charge in [0.2, 0.25) is 0 Å². The van der Waals surface area contributed by atoms with Crippen LogP contribution in [0.25, 0.3) is 0 Å². The molecule has 0 bridgehead atoms. The Morgan fingerprint density at radius 3 is 3.40 bits per heavy atom. The Morgan fingerprint density at radius 2 is 2.60 bits per heavy atom. The normalized spacial score (nSPS) is 16.7. The summed E-state index contributed by atoms with van der Waals surface area (Å²) in [6.07, 6.45) is 8.25. The van der Waals surface area contributed by atoms with Crippen LogP contribution in [0.5, 0.6) is 0 Å². The molecule has 2 N–H and O–H groups in total. The summed E-state index contributed by atoms with van der Waals surface area (Å²) in [5, 5.41) is 0. The molecule has 54 valence electrons. The molecule has 0 aromatic heterocycles. The average molecular weight is 138 g/mol. The van der Waals surface area contributed by atoms with Crippen LogP contribution in [0.15, 0.2) is 28.9 Å². The van der Waals surface area contributed by atoms with Crippen LogP contribution in [0.3, 0.4) is 0 Å². The van der Waals surface area contributed by atoms with E-state index in [2.05, 4.69) is 9.83 Å². The zero-order chi connectivity index (χ0) is 7.23. The van der Waals surface area contributed by atoms with E-state index in [-0.39, 0.29) is 0 Å². The van der Waals surface area contributed by atoms with Crippen LogP contribution in [-0.4, -0.2) is 12.8 Å². The summed E-state index contributed by atoms with van der Waals surface area (Å²) in [4.78, 5) is 8.40. The molecule has 0 amide bonds. The van der Waals surface area contributed by atoms with Gasteiger partial charge in [-0.3, -0.25) is 4.99 Å². The van der Waals surface area contributed by atoms with Crippen LogP contribution in [0.4, 0.5) is 0 Å². The number of nitrogens with two attached hydrogens (primary N) is 1. The molecule has 0 aromatic carbocycles. The Bertz CT molecular complexity index is 182. The lowest BCUT2D eigenvalue weighted by atomic mass is 10.2. The molecule has 0 saturated heterocycles. The number of nitrogens with zero attached hydrogens (tertiary/aromatic N) is 1. The van der Waals surface area contributed by atoms with Gasteiger partial charge in [-0.2, -0.15) is 0 Å². The lowest BCUT2D eigenvalue weighted by molar-refractivity contribution is 0.160. The number of hydrogen-bond donors (Lipinski definition) is 1. The van der Waals surface area contributed by atoms with E-state index < -0.39 is 0 Å². The minimum atomic E-state index is 0.482. The molecule has 0 aromatic rings. The van der Waals surface area contributed by atoms with Gasteiger partial charge in [0, 0.05) is 12.4 Å². The van der Waals surface area contributed by atoms with Gasteiger partial charge in [-0.1, -0.05) is 6.08 Å². The number of allylic oxidation sites excluding steroid dienone is 2. The first kappa shape index (κ1) is 7.18. The molecule has 1 rings (SSSR count). The Kier molecular flexibility index (Phi) is 2.86. The summed E-state index contributed by atoms with van der Waals surface area (Å²) >= 11 is 0. The van der Waals surface area contributed by atoms with Gasteiger partial charge in [-0.05, 0) is 18.1 Å². The quantitative estimate of drug-likeness (QED) is 0.573. The summed E-state index contributed by atoms with van der Waals surface area (Å²) in [6, 6.07) is 0. The van der Waals surface area contributed by atoms with Gasteiger partial charge in [0.05, 0.1) is 6.61 Å². The molecule has 0 spiro atoms. The lowest BCUT2D eigenvalue weighted by Crippen LogP contribution is -2.03. The van der Waals surface area contributed by atoms with Crippen LogP contribution >= 0.6 is 0 Å². The zero-order valence-corrected chi connectivity index (χ0v) is 5.66. The SMILES string of the molecule is NOCC1=CC=NC=CC1. The van der Waals surface area contributed by atoms with Gasteiger partial charge in [-0.25, -0.2) is 5.90 Å². The topological polar surface area (TPSA) is 47.6 Å². The molecule has 3 nitrogen and oxygen atoms in total. The van der Waals surface area contributed by atoms with Crippen molar-refractivity contribution < 1.29 is 4.84 Å². The van der Waals surface area contributed by atoms with Crippen LogP contribution < -0.4 is 5.90 Å². The highest BCUT2D eigenvalue weighted by molar-refractivity contribution is 5.73. The van der Waals surface area contributed by atoms with Crippen LogP contribution in [0, 0.1) is 0 Å². The Morgan fingerprint density at radius 1 is 1.70 bits per heavy atom. The predicted molar refractivity (Wildman–Crippen MR) is 40.5 cm³/mol. The van der Waals surface area contributed by atoms with E-state index in [4.69, 9.17) is 5.90 Å². The first-order chi connectivity index (χ1) is 4.93. The fourth-order valence-electron chi connectivity index (χ4n) is 0.745. The van der Waals surface area contributed by atoms with E-state index in [0.29, 0.717) is 6.61 Å². The second kappa shape index (κ2) is 3.98. The molecular weight excluding hydrogens is 128 g/mol. The van der Waals surface area contributed by atoms with Gasteiger partial charge in [0.15, 0.2) is 0 Å². The van der Waals surface area contributed by atoms with Gasteiger partial charge in [0.1, 0.15) is 0 Å². The molecule has 10 heavy (non-hydrogen) atoms. The molecule has 0 saturated carbocycles. The molecule has 1 aliphatic rings. The summed E-state index contributed by atoms with van der Waals surface area (Å²) in [6.45, 7) is 0.482. The lowest BCUT2D eigenvalue weighted by Gasteiger charge is -1.98. The third kappa shape index (κ3) is 2.13. The van der Waals surface area contributed by atoms with E-state index in [0.717, 1.165) is 12.0 Å². The third-order valence-electron chi connectivity index (χ3n) is 1.24. The third-order valence-corrected chi connectivity index (χ3v) is 1.24. The van der Waals surface area contributed by atoms with Gasteiger partial charge >= 0.3 is 0 Å². The maximum atomic E-state index is 4.90. The van der Waals surface area contributed by atoms with Crippen molar-refractivity contribution in [3.63, 3.8) is 0 Å². The molecule has 0 fully saturated rings. The number of aliphatic imine (C=N–C) groups is 1. The number of rotatable bonds is 2. The molecule has 1 heterocycles. The monoisotopic (exact) mass is 138 g/mol. The van der Waals surface area contributed by atoms with Crippen molar-refractivity contribution in [2.45, 2.75) is 6.42 Å². The summed E-state index contributed by atoms with van der Waals surface area (Å²) in [5.41, 5.74) is 1.14. The second-order valence-corrected chi connectivity index (χ2v) is 2.02. The molecular formula is C7H10N2O. The molecule has 0 unspecified atom stereocenters. The fraction of sp³-hybridized carbons (Fsp3) is 0.286. The first-order valence-corrected chi connectivity index (χ1v) is 3.11. The van der Waals surface area contributed by atoms with E-state index in [1.807, 2.05) is 12.2 Å². The predicted octanol–water partition coefficient (Wildman–Crippen LogP) is 0.791. The van der Waals surface area contributed by atoms with E-state index in [1.165, 1.54) is 0 Å². The highest BCUT2D eigenvalue weighted by Gasteiger charge is 1.93. The highest BCUT2D eigenvalue weighted by Crippen LogP contribution is 2.03. The van der Waals surface area contributed by atoms with E-state index >= 15 is 0 Å².